The molecule has 3 nitrogen and oxygen atoms in total. The number of nitrogens with two attached hydrogens (primary N) is 1. The van der Waals surface area contributed by atoms with Crippen molar-refractivity contribution in [3.05, 3.63) is 28.9 Å². The van der Waals surface area contributed by atoms with Gasteiger partial charge in [0.1, 0.15) is 0 Å². The van der Waals surface area contributed by atoms with Crippen LogP contribution in [0.25, 0.3) is 10.9 Å². The smallest absolute Gasteiger partial charge is 0.0745 e. The van der Waals surface area contributed by atoms with Gasteiger partial charge in [-0.05, 0) is 36.5 Å². The molecular formula is C15H18BrN3. The summed E-state index contributed by atoms with van der Waals surface area (Å²) in [5, 5.41) is 1.12. The molecule has 4 heteroatoms. The molecule has 1 saturated carbocycles. The molecule has 1 aliphatic carbocycles. The topological polar surface area (TPSA) is 42.1 Å². The van der Waals surface area contributed by atoms with Crippen LogP contribution in [0.2, 0.25) is 0 Å². The minimum Gasteiger partial charge on any atom is -0.396 e. The lowest BCUT2D eigenvalue weighted by atomic mass is 10.1. The fourth-order valence-corrected chi connectivity index (χ4v) is 3.05. The maximum Gasteiger partial charge on any atom is 0.0745 e. The van der Waals surface area contributed by atoms with Crippen LogP contribution < -0.4 is 10.6 Å². The number of benzene rings is 1. The summed E-state index contributed by atoms with van der Waals surface area (Å²) in [4.78, 5) is 6.68. The summed E-state index contributed by atoms with van der Waals surface area (Å²) in [5.41, 5.74) is 8.99. The maximum atomic E-state index is 6.15. The normalized spacial score (nSPS) is 21.6. The standard InChI is InChI=1S/C15H18BrN3/c1-9-5-10(9)8-19(2)15-12-6-11(16)3-4-14(12)18-7-13(15)17/h3-4,6-7,9-10H,5,8,17H2,1-2H3. The molecule has 2 N–H and O–H groups in total. The Kier molecular flexibility index (Phi) is 3.13. The number of fused-ring (bicyclic) bond motifs is 1. The van der Waals surface area contributed by atoms with Crippen LogP contribution in [0.4, 0.5) is 11.4 Å². The van der Waals surface area contributed by atoms with Crippen molar-refractivity contribution in [3.8, 4) is 0 Å². The quantitative estimate of drug-likeness (QED) is 0.938. The molecule has 2 unspecified atom stereocenters. The Hall–Kier alpha value is -1.29. The summed E-state index contributed by atoms with van der Waals surface area (Å²) in [6.45, 7) is 3.38. The molecule has 3 rings (SSSR count). The van der Waals surface area contributed by atoms with E-state index in [1.807, 2.05) is 12.1 Å². The second kappa shape index (κ2) is 4.67. The van der Waals surface area contributed by atoms with E-state index in [4.69, 9.17) is 5.73 Å². The molecule has 2 atom stereocenters. The number of nitrogen functional groups attached to an aromatic ring is 1. The molecule has 1 aromatic heterocycles. The maximum absolute atomic E-state index is 6.15. The number of aromatic nitrogens is 1. The van der Waals surface area contributed by atoms with E-state index >= 15 is 0 Å². The summed E-state index contributed by atoms with van der Waals surface area (Å²) in [7, 11) is 2.12. The van der Waals surface area contributed by atoms with Crippen LogP contribution in [-0.2, 0) is 0 Å². The summed E-state index contributed by atoms with van der Waals surface area (Å²) in [5.74, 6) is 1.66. The zero-order valence-corrected chi connectivity index (χ0v) is 12.8. The van der Waals surface area contributed by atoms with Gasteiger partial charge in [-0.25, -0.2) is 0 Å². The Labute approximate surface area is 121 Å². The highest BCUT2D eigenvalue weighted by Gasteiger charge is 2.33. The second-order valence-electron chi connectivity index (χ2n) is 5.58. The van der Waals surface area contributed by atoms with Crippen LogP contribution in [0.5, 0.6) is 0 Å². The third kappa shape index (κ3) is 2.41. The van der Waals surface area contributed by atoms with E-state index in [9.17, 15) is 0 Å². The largest absolute Gasteiger partial charge is 0.396 e. The molecule has 0 amide bonds. The van der Waals surface area contributed by atoms with Crippen molar-refractivity contribution in [1.82, 2.24) is 4.98 Å². The Bertz CT molecular complexity index is 621. The zero-order valence-electron chi connectivity index (χ0n) is 11.2. The van der Waals surface area contributed by atoms with Crippen molar-refractivity contribution in [2.24, 2.45) is 11.8 Å². The van der Waals surface area contributed by atoms with Gasteiger partial charge >= 0.3 is 0 Å². The number of rotatable bonds is 3. The molecule has 1 aromatic carbocycles. The number of pyridine rings is 1. The lowest BCUT2D eigenvalue weighted by molar-refractivity contribution is 0.727. The van der Waals surface area contributed by atoms with Crippen molar-refractivity contribution in [1.29, 1.82) is 0 Å². The molecule has 1 fully saturated rings. The molecule has 1 heterocycles. The first-order chi connectivity index (χ1) is 9.06. The third-order valence-corrected chi connectivity index (χ3v) is 4.49. The van der Waals surface area contributed by atoms with Gasteiger partial charge in [0, 0.05) is 23.5 Å². The van der Waals surface area contributed by atoms with Crippen LogP contribution >= 0.6 is 15.9 Å². The number of hydrogen-bond acceptors (Lipinski definition) is 3. The minimum absolute atomic E-state index is 0.751. The highest BCUT2D eigenvalue weighted by Crippen LogP contribution is 2.40. The van der Waals surface area contributed by atoms with Gasteiger partial charge in [0.05, 0.1) is 23.1 Å². The second-order valence-corrected chi connectivity index (χ2v) is 6.49. The molecule has 1 aliphatic rings. The summed E-state index contributed by atoms with van der Waals surface area (Å²) < 4.78 is 1.06. The SMILES string of the molecule is CC1CC1CN(C)c1c(N)cnc2ccc(Br)cc12. The highest BCUT2D eigenvalue weighted by atomic mass is 79.9. The summed E-state index contributed by atoms with van der Waals surface area (Å²) >= 11 is 3.53. The van der Waals surface area contributed by atoms with Gasteiger partial charge in [-0.3, -0.25) is 4.98 Å². The Morgan fingerprint density at radius 2 is 2.21 bits per heavy atom. The fourth-order valence-electron chi connectivity index (χ4n) is 2.69. The van der Waals surface area contributed by atoms with Crippen molar-refractivity contribution in [3.63, 3.8) is 0 Å². The van der Waals surface area contributed by atoms with Gasteiger partial charge < -0.3 is 10.6 Å². The Morgan fingerprint density at radius 1 is 1.47 bits per heavy atom. The van der Waals surface area contributed by atoms with Gasteiger partial charge in [0.15, 0.2) is 0 Å². The van der Waals surface area contributed by atoms with E-state index in [0.29, 0.717) is 0 Å². The van der Waals surface area contributed by atoms with Crippen LogP contribution in [-0.4, -0.2) is 18.6 Å². The van der Waals surface area contributed by atoms with Crippen LogP contribution in [0.3, 0.4) is 0 Å². The van der Waals surface area contributed by atoms with E-state index < -0.39 is 0 Å². The van der Waals surface area contributed by atoms with E-state index in [2.05, 4.69) is 45.9 Å². The van der Waals surface area contributed by atoms with Gasteiger partial charge in [-0.1, -0.05) is 22.9 Å². The van der Waals surface area contributed by atoms with Gasteiger partial charge in [-0.15, -0.1) is 0 Å². The Morgan fingerprint density at radius 3 is 2.89 bits per heavy atom. The fraction of sp³-hybridized carbons (Fsp3) is 0.400. The van der Waals surface area contributed by atoms with Gasteiger partial charge in [-0.2, -0.15) is 0 Å². The monoisotopic (exact) mass is 319 g/mol. The first-order valence-corrected chi connectivity index (χ1v) is 7.40. The van der Waals surface area contributed by atoms with Crippen molar-refractivity contribution in [2.75, 3.05) is 24.2 Å². The van der Waals surface area contributed by atoms with Gasteiger partial charge in [0.2, 0.25) is 0 Å². The van der Waals surface area contributed by atoms with Gasteiger partial charge in [0.25, 0.3) is 0 Å². The predicted octanol–water partition coefficient (Wildman–Crippen LogP) is 3.67. The first-order valence-electron chi connectivity index (χ1n) is 6.61. The van der Waals surface area contributed by atoms with E-state index in [1.165, 1.54) is 6.42 Å². The average Bonchev–Trinajstić information content (AvgIpc) is 3.04. The summed E-state index contributed by atoms with van der Waals surface area (Å²) in [6, 6.07) is 6.13. The van der Waals surface area contributed by atoms with Crippen LogP contribution in [0, 0.1) is 11.8 Å². The summed E-state index contributed by atoms with van der Waals surface area (Å²) in [6.07, 6.45) is 3.09. The number of anilines is 2. The number of nitrogens with zero attached hydrogens (tertiary/aromatic N) is 2. The third-order valence-electron chi connectivity index (χ3n) is 4.00. The lowest BCUT2D eigenvalue weighted by Gasteiger charge is -2.23. The zero-order chi connectivity index (χ0) is 13.6. The average molecular weight is 320 g/mol. The first kappa shape index (κ1) is 12.7. The highest BCUT2D eigenvalue weighted by molar-refractivity contribution is 9.10. The molecule has 100 valence electrons. The molecular weight excluding hydrogens is 302 g/mol. The van der Waals surface area contributed by atoms with Crippen LogP contribution in [0.15, 0.2) is 28.9 Å². The molecule has 0 spiro atoms. The number of hydrogen-bond donors (Lipinski definition) is 1. The molecule has 0 aliphatic heterocycles. The molecule has 19 heavy (non-hydrogen) atoms. The van der Waals surface area contributed by atoms with Crippen molar-refractivity contribution in [2.45, 2.75) is 13.3 Å². The lowest BCUT2D eigenvalue weighted by Crippen LogP contribution is -2.22. The molecule has 0 bridgehead atoms. The van der Waals surface area contributed by atoms with Crippen molar-refractivity contribution < 1.29 is 0 Å². The molecule has 0 saturated heterocycles. The van der Waals surface area contributed by atoms with E-state index in [-0.39, 0.29) is 0 Å². The Balaban J connectivity index is 2.04. The van der Waals surface area contributed by atoms with Crippen molar-refractivity contribution >= 4 is 38.2 Å². The predicted molar refractivity (Wildman–Crippen MR) is 84.4 cm³/mol. The van der Waals surface area contributed by atoms with Crippen LogP contribution in [0.1, 0.15) is 13.3 Å². The minimum atomic E-state index is 0.751. The van der Waals surface area contributed by atoms with E-state index in [1.54, 1.807) is 6.20 Å². The van der Waals surface area contributed by atoms with E-state index in [0.717, 1.165) is 45.1 Å². The molecule has 2 aromatic rings. The number of halogens is 1. The molecule has 0 radical (unpaired) electrons.